The van der Waals surface area contributed by atoms with Gasteiger partial charge in [-0.15, -0.1) is 11.8 Å². The molecule has 0 radical (unpaired) electrons. The Balaban J connectivity index is 2.84. The minimum Gasteiger partial charge on any atom is -0.292 e. The number of halogens is 3. The number of aromatic nitrogens is 2. The zero-order valence-corrected chi connectivity index (χ0v) is 10.9. The smallest absolute Gasteiger partial charge is 0.292 e. The number of hydrogen-bond donors (Lipinski definition) is 2. The van der Waals surface area contributed by atoms with Crippen LogP contribution in [0.5, 0.6) is 0 Å². The standard InChI is InChI=1S/C10H15F3N4S/c1-6(2)3-4-18-8-5-7(10(11,12)13)15-9(16-8)17-14/h5-6H,3-4,14H2,1-2H3,(H,15,16,17). The Morgan fingerprint density at radius 2 is 2.06 bits per heavy atom. The summed E-state index contributed by atoms with van der Waals surface area (Å²) in [6, 6.07) is 0.936. The molecule has 0 spiro atoms. The lowest BCUT2D eigenvalue weighted by Crippen LogP contribution is -2.15. The molecule has 1 aromatic heterocycles. The number of hydrogen-bond acceptors (Lipinski definition) is 5. The summed E-state index contributed by atoms with van der Waals surface area (Å²) in [7, 11) is 0. The molecule has 0 saturated carbocycles. The molecule has 102 valence electrons. The second kappa shape index (κ2) is 6.24. The second-order valence-corrected chi connectivity index (χ2v) is 5.20. The van der Waals surface area contributed by atoms with Crippen molar-refractivity contribution < 1.29 is 13.2 Å². The summed E-state index contributed by atoms with van der Waals surface area (Å²) in [6.07, 6.45) is -3.59. The summed E-state index contributed by atoms with van der Waals surface area (Å²) in [5.41, 5.74) is 1.06. The quantitative estimate of drug-likeness (QED) is 0.376. The van der Waals surface area contributed by atoms with Crippen LogP contribution in [0.25, 0.3) is 0 Å². The molecule has 0 aliphatic rings. The SMILES string of the molecule is CC(C)CCSc1cc(C(F)(F)F)nc(NN)n1. The van der Waals surface area contributed by atoms with Crippen LogP contribution in [0.4, 0.5) is 19.1 Å². The van der Waals surface area contributed by atoms with Crippen LogP contribution < -0.4 is 11.3 Å². The fraction of sp³-hybridized carbons (Fsp3) is 0.600. The molecular weight excluding hydrogens is 265 g/mol. The Hall–Kier alpha value is -1.02. The van der Waals surface area contributed by atoms with E-state index in [1.54, 1.807) is 0 Å². The van der Waals surface area contributed by atoms with E-state index >= 15 is 0 Å². The molecule has 0 unspecified atom stereocenters. The zero-order valence-electron chi connectivity index (χ0n) is 10.1. The van der Waals surface area contributed by atoms with Gasteiger partial charge in [0.2, 0.25) is 5.95 Å². The number of nitrogens with one attached hydrogen (secondary N) is 1. The first-order valence-electron chi connectivity index (χ1n) is 5.38. The second-order valence-electron chi connectivity index (χ2n) is 4.09. The predicted octanol–water partition coefficient (Wildman–Crippen LogP) is 2.92. The molecule has 0 aliphatic carbocycles. The van der Waals surface area contributed by atoms with Crippen LogP contribution >= 0.6 is 11.8 Å². The number of anilines is 1. The van der Waals surface area contributed by atoms with Crippen LogP contribution in [0, 0.1) is 5.92 Å². The van der Waals surface area contributed by atoms with E-state index in [9.17, 15) is 13.2 Å². The minimum absolute atomic E-state index is 0.225. The summed E-state index contributed by atoms with van der Waals surface area (Å²) in [4.78, 5) is 7.16. The zero-order chi connectivity index (χ0) is 13.8. The van der Waals surface area contributed by atoms with Crippen LogP contribution in [0.2, 0.25) is 0 Å². The highest BCUT2D eigenvalue weighted by Crippen LogP contribution is 2.31. The van der Waals surface area contributed by atoms with Crippen LogP contribution in [-0.4, -0.2) is 15.7 Å². The van der Waals surface area contributed by atoms with Crippen molar-refractivity contribution in [2.45, 2.75) is 31.5 Å². The number of rotatable bonds is 5. The molecular formula is C10H15F3N4S. The first kappa shape index (κ1) is 15.0. The Morgan fingerprint density at radius 3 is 2.56 bits per heavy atom. The summed E-state index contributed by atoms with van der Waals surface area (Å²) in [6.45, 7) is 4.10. The topological polar surface area (TPSA) is 63.8 Å². The molecule has 3 N–H and O–H groups in total. The average molecular weight is 280 g/mol. The molecule has 0 aliphatic heterocycles. The third kappa shape index (κ3) is 4.69. The molecule has 0 bridgehead atoms. The lowest BCUT2D eigenvalue weighted by Gasteiger charge is -2.10. The van der Waals surface area contributed by atoms with Crippen molar-refractivity contribution in [3.05, 3.63) is 11.8 Å². The largest absolute Gasteiger partial charge is 0.433 e. The van der Waals surface area contributed by atoms with E-state index in [4.69, 9.17) is 5.84 Å². The molecule has 1 rings (SSSR count). The average Bonchev–Trinajstić information content (AvgIpc) is 2.27. The van der Waals surface area contributed by atoms with Gasteiger partial charge in [0.25, 0.3) is 0 Å². The molecule has 18 heavy (non-hydrogen) atoms. The van der Waals surface area contributed by atoms with Gasteiger partial charge in [-0.1, -0.05) is 13.8 Å². The third-order valence-electron chi connectivity index (χ3n) is 2.07. The fourth-order valence-electron chi connectivity index (χ4n) is 1.11. The van der Waals surface area contributed by atoms with Gasteiger partial charge >= 0.3 is 6.18 Å². The van der Waals surface area contributed by atoms with Gasteiger partial charge in [-0.25, -0.2) is 15.8 Å². The van der Waals surface area contributed by atoms with E-state index in [0.717, 1.165) is 12.5 Å². The minimum atomic E-state index is -4.50. The summed E-state index contributed by atoms with van der Waals surface area (Å²) < 4.78 is 37.7. The lowest BCUT2D eigenvalue weighted by atomic mass is 10.2. The lowest BCUT2D eigenvalue weighted by molar-refractivity contribution is -0.141. The first-order valence-corrected chi connectivity index (χ1v) is 6.37. The monoisotopic (exact) mass is 280 g/mol. The van der Waals surface area contributed by atoms with E-state index in [1.165, 1.54) is 11.8 Å². The van der Waals surface area contributed by atoms with Crippen LogP contribution in [0.3, 0.4) is 0 Å². The fourth-order valence-corrected chi connectivity index (χ4v) is 2.25. The Labute approximate surface area is 108 Å². The number of nitrogen functional groups attached to an aromatic ring is 1. The van der Waals surface area contributed by atoms with E-state index in [-0.39, 0.29) is 11.0 Å². The normalized spacial score (nSPS) is 11.9. The Kier molecular flexibility index (Phi) is 5.21. The van der Waals surface area contributed by atoms with E-state index < -0.39 is 11.9 Å². The number of nitrogens with two attached hydrogens (primary N) is 1. The molecule has 0 atom stereocenters. The van der Waals surface area contributed by atoms with Gasteiger partial charge in [0, 0.05) is 6.07 Å². The van der Waals surface area contributed by atoms with E-state index in [0.29, 0.717) is 11.7 Å². The molecule has 1 heterocycles. The maximum absolute atomic E-state index is 12.6. The summed E-state index contributed by atoms with van der Waals surface area (Å²) in [5, 5.41) is 0.269. The molecule has 0 saturated heterocycles. The number of hydrazine groups is 1. The Bertz CT molecular complexity index is 395. The molecule has 0 fully saturated rings. The molecule has 8 heteroatoms. The van der Waals surface area contributed by atoms with Gasteiger partial charge < -0.3 is 0 Å². The van der Waals surface area contributed by atoms with Crippen LogP contribution in [0.1, 0.15) is 26.0 Å². The Morgan fingerprint density at radius 1 is 1.39 bits per heavy atom. The maximum atomic E-state index is 12.6. The van der Waals surface area contributed by atoms with Gasteiger partial charge in [0.05, 0.1) is 0 Å². The van der Waals surface area contributed by atoms with Crippen LogP contribution in [-0.2, 0) is 6.18 Å². The van der Waals surface area contributed by atoms with Crippen molar-refractivity contribution in [2.24, 2.45) is 11.8 Å². The molecule has 4 nitrogen and oxygen atoms in total. The third-order valence-corrected chi connectivity index (χ3v) is 3.01. The van der Waals surface area contributed by atoms with Crippen molar-refractivity contribution in [1.29, 1.82) is 0 Å². The van der Waals surface area contributed by atoms with Gasteiger partial charge in [0.1, 0.15) is 5.03 Å². The maximum Gasteiger partial charge on any atom is 0.433 e. The van der Waals surface area contributed by atoms with Crippen molar-refractivity contribution in [2.75, 3.05) is 11.2 Å². The van der Waals surface area contributed by atoms with Crippen molar-refractivity contribution in [3.63, 3.8) is 0 Å². The molecule has 0 amide bonds. The highest BCUT2D eigenvalue weighted by Gasteiger charge is 2.33. The number of alkyl halides is 3. The number of thioether (sulfide) groups is 1. The van der Waals surface area contributed by atoms with Crippen molar-refractivity contribution >= 4 is 17.7 Å². The summed E-state index contributed by atoms with van der Waals surface area (Å²) in [5.74, 6) is 6.03. The highest BCUT2D eigenvalue weighted by molar-refractivity contribution is 7.99. The summed E-state index contributed by atoms with van der Waals surface area (Å²) >= 11 is 1.26. The van der Waals surface area contributed by atoms with E-state index in [2.05, 4.69) is 23.8 Å². The molecule has 1 aromatic rings. The first-order chi connectivity index (χ1) is 8.32. The van der Waals surface area contributed by atoms with Crippen LogP contribution in [0.15, 0.2) is 11.1 Å². The van der Waals surface area contributed by atoms with Gasteiger partial charge in [-0.2, -0.15) is 13.2 Å². The highest BCUT2D eigenvalue weighted by atomic mass is 32.2. The number of nitrogens with zero attached hydrogens (tertiary/aromatic N) is 2. The van der Waals surface area contributed by atoms with E-state index in [1.807, 2.05) is 5.43 Å². The van der Waals surface area contributed by atoms with Crippen molar-refractivity contribution in [3.8, 4) is 0 Å². The van der Waals surface area contributed by atoms with Gasteiger partial charge in [-0.3, -0.25) is 5.43 Å². The van der Waals surface area contributed by atoms with Crippen molar-refractivity contribution in [1.82, 2.24) is 9.97 Å². The molecule has 0 aromatic carbocycles. The predicted molar refractivity (Wildman–Crippen MR) is 65.0 cm³/mol. The van der Waals surface area contributed by atoms with Gasteiger partial charge in [0.15, 0.2) is 5.69 Å². The van der Waals surface area contributed by atoms with Gasteiger partial charge in [-0.05, 0) is 18.1 Å².